The van der Waals surface area contributed by atoms with Crippen molar-refractivity contribution in [1.29, 1.82) is 15.8 Å². The smallest absolute Gasteiger partial charge is 0.187 e. The van der Waals surface area contributed by atoms with E-state index < -0.39 is 0 Å². The van der Waals surface area contributed by atoms with E-state index >= 15 is 0 Å². The summed E-state index contributed by atoms with van der Waals surface area (Å²) in [6.45, 7) is 27.1. The van der Waals surface area contributed by atoms with Crippen LogP contribution in [0.4, 0.5) is 11.4 Å². The van der Waals surface area contributed by atoms with E-state index in [0.29, 0.717) is 44.5 Å². The highest BCUT2D eigenvalue weighted by Gasteiger charge is 2.28. The van der Waals surface area contributed by atoms with Gasteiger partial charge in [-0.2, -0.15) is 15.8 Å². The molecule has 0 amide bonds. The number of aromatic nitrogens is 2. The van der Waals surface area contributed by atoms with Crippen LogP contribution in [0.2, 0.25) is 0 Å². The Kier molecular flexibility index (Phi) is 8.43. The Morgan fingerprint density at radius 2 is 0.982 bits per heavy atom. The molecule has 8 rings (SSSR count). The third-order valence-corrected chi connectivity index (χ3v) is 10.1. The monoisotopic (exact) mass is 714 g/mol. The summed E-state index contributed by atoms with van der Waals surface area (Å²) in [6.07, 6.45) is 0. The molecule has 0 saturated heterocycles. The van der Waals surface area contributed by atoms with E-state index in [4.69, 9.17) is 19.7 Å². The Morgan fingerprint density at radius 3 is 1.54 bits per heavy atom. The maximum Gasteiger partial charge on any atom is 0.187 e. The van der Waals surface area contributed by atoms with Crippen molar-refractivity contribution in [3.8, 4) is 52.1 Å². The van der Waals surface area contributed by atoms with E-state index in [1.807, 2.05) is 72.8 Å². The van der Waals surface area contributed by atoms with Gasteiger partial charge < -0.3 is 9.13 Å². The van der Waals surface area contributed by atoms with Crippen molar-refractivity contribution in [3.05, 3.63) is 177 Å². The topological polar surface area (TPSA) is 94.3 Å². The zero-order chi connectivity index (χ0) is 39.1. The molecule has 8 nitrogen and oxygen atoms in total. The van der Waals surface area contributed by atoms with E-state index in [2.05, 4.69) is 54.0 Å². The van der Waals surface area contributed by atoms with Crippen LogP contribution in [0.5, 0.6) is 0 Å². The van der Waals surface area contributed by atoms with Crippen LogP contribution in [0.1, 0.15) is 25.0 Å². The van der Waals surface area contributed by atoms with Gasteiger partial charge in [0.2, 0.25) is 0 Å². The number of rotatable bonds is 4. The van der Waals surface area contributed by atoms with Gasteiger partial charge in [-0.1, -0.05) is 54.6 Å². The normalized spacial score (nSPS) is 11.9. The second kappa shape index (κ2) is 13.7. The van der Waals surface area contributed by atoms with E-state index in [1.165, 1.54) is 0 Å². The van der Waals surface area contributed by atoms with Crippen molar-refractivity contribution in [1.82, 2.24) is 9.13 Å². The molecular weight excluding hydrogens is 689 g/mol. The number of hydrogen-bond donors (Lipinski definition) is 0. The third-order valence-electron chi connectivity index (χ3n) is 10.1. The average Bonchev–Trinajstić information content (AvgIpc) is 3.78. The Bertz CT molecular complexity index is 3140. The summed E-state index contributed by atoms with van der Waals surface area (Å²) in [6, 6.07) is 44.5. The second-order valence-electron chi connectivity index (χ2n) is 13.3. The lowest BCUT2D eigenvalue weighted by molar-refractivity contribution is 1.01. The molecule has 0 aliphatic rings. The predicted molar refractivity (Wildman–Crippen MR) is 220 cm³/mol. The lowest BCUT2D eigenvalue weighted by Gasteiger charge is -2.16. The molecule has 0 aliphatic heterocycles. The van der Waals surface area contributed by atoms with Crippen molar-refractivity contribution in [2.45, 2.75) is 13.8 Å². The molecule has 0 N–H and O–H groups in total. The SMILES string of the molecule is [C-]#[N+]C(C)=c1c2c(-c3ccc4cc([N+]#[C-])ccc4c3)n(-c3ccc([N+]#[C-])cc3)c(=C(C)C#N)c2c(-c2ccc3cc(C#N)ccc3c2)n1-c1ccc(C#N)cc1. The van der Waals surface area contributed by atoms with Crippen LogP contribution >= 0.6 is 0 Å². The van der Waals surface area contributed by atoms with Gasteiger partial charge in [0.25, 0.3) is 0 Å². The molecule has 0 saturated carbocycles. The Balaban J connectivity index is 1.66. The number of nitriles is 3. The van der Waals surface area contributed by atoms with Crippen molar-refractivity contribution < 1.29 is 0 Å². The zero-order valence-electron chi connectivity index (χ0n) is 30.1. The summed E-state index contributed by atoms with van der Waals surface area (Å²) in [4.78, 5) is 11.3. The first-order valence-corrected chi connectivity index (χ1v) is 17.4. The summed E-state index contributed by atoms with van der Waals surface area (Å²) in [5.41, 5.74) is 7.43. The molecular formula is C48H26N8. The lowest BCUT2D eigenvalue weighted by Crippen LogP contribution is -2.22. The Morgan fingerprint density at radius 1 is 0.518 bits per heavy atom. The molecule has 0 fully saturated rings. The van der Waals surface area contributed by atoms with Gasteiger partial charge in [-0.3, -0.25) is 0 Å². The molecule has 2 heterocycles. The zero-order valence-corrected chi connectivity index (χ0v) is 30.1. The first-order chi connectivity index (χ1) is 27.3. The predicted octanol–water partition coefficient (Wildman–Crippen LogP) is 10.6. The quantitative estimate of drug-likeness (QED) is 0.170. The molecule has 0 spiro atoms. The Hall–Kier alpha value is -8.66. The van der Waals surface area contributed by atoms with Crippen LogP contribution in [0.25, 0.3) is 92.0 Å². The molecule has 56 heavy (non-hydrogen) atoms. The fraction of sp³-hybridized carbons (Fsp3) is 0.0417. The van der Waals surface area contributed by atoms with Gasteiger partial charge in [-0.25, -0.2) is 14.5 Å². The van der Waals surface area contributed by atoms with Crippen LogP contribution in [0.15, 0.2) is 121 Å². The van der Waals surface area contributed by atoms with Gasteiger partial charge in [0, 0.05) is 22.1 Å². The molecule has 0 bridgehead atoms. The molecule has 0 radical (unpaired) electrons. The third kappa shape index (κ3) is 5.50. The minimum absolute atomic E-state index is 0.412. The Labute approximate surface area is 322 Å². The van der Waals surface area contributed by atoms with Crippen LogP contribution < -0.4 is 10.7 Å². The van der Waals surface area contributed by atoms with Crippen molar-refractivity contribution in [2.24, 2.45) is 0 Å². The van der Waals surface area contributed by atoms with E-state index in [0.717, 1.165) is 66.2 Å². The fourth-order valence-corrected chi connectivity index (χ4v) is 7.51. The van der Waals surface area contributed by atoms with E-state index in [1.54, 1.807) is 50.2 Å². The van der Waals surface area contributed by atoms with E-state index in [-0.39, 0.29) is 0 Å². The van der Waals surface area contributed by atoms with Crippen LogP contribution in [-0.4, -0.2) is 9.13 Å². The summed E-state index contributed by atoms with van der Waals surface area (Å²) >= 11 is 0. The molecule has 8 aromatic rings. The maximum absolute atomic E-state index is 10.7. The standard InChI is InChI=1S/C48H26N8/c1-29(26-49)45-43-44(48(55(45)42-20-16-39(53-4)17-21-42)38-13-11-36-25-40(54-5)15-14-35(36)24-38)46(30(2)52-3)56(41-18-7-31(27-50)8-19-41)47(43)37-12-10-33-22-32(28-51)6-9-34(33)23-37/h6-25H,1-2H3. The van der Waals surface area contributed by atoms with Gasteiger partial charge in [-0.15, -0.1) is 0 Å². The average molecular weight is 715 g/mol. The molecule has 258 valence electrons. The molecule has 0 atom stereocenters. The summed E-state index contributed by atoms with van der Waals surface area (Å²) in [5, 5.41) is 36.4. The van der Waals surface area contributed by atoms with Crippen LogP contribution in [0, 0.1) is 53.7 Å². The summed E-state index contributed by atoms with van der Waals surface area (Å²) < 4.78 is 4.11. The van der Waals surface area contributed by atoms with Crippen molar-refractivity contribution in [3.63, 3.8) is 0 Å². The first kappa shape index (κ1) is 34.4. The van der Waals surface area contributed by atoms with Crippen LogP contribution in [0.3, 0.4) is 0 Å². The summed E-state index contributed by atoms with van der Waals surface area (Å²) in [7, 11) is 0. The van der Waals surface area contributed by atoms with Crippen molar-refractivity contribution >= 4 is 55.0 Å². The van der Waals surface area contributed by atoms with Gasteiger partial charge in [0.15, 0.2) is 17.1 Å². The van der Waals surface area contributed by atoms with Crippen molar-refractivity contribution in [2.75, 3.05) is 0 Å². The molecule has 2 aromatic heterocycles. The second-order valence-corrected chi connectivity index (χ2v) is 13.3. The van der Waals surface area contributed by atoms with Gasteiger partial charge >= 0.3 is 0 Å². The van der Waals surface area contributed by atoms with Gasteiger partial charge in [0.1, 0.15) is 0 Å². The molecule has 0 unspecified atom stereocenters. The number of benzene rings is 6. The number of fused-ring (bicyclic) bond motifs is 3. The molecule has 8 heteroatoms. The number of nitrogens with zero attached hydrogens (tertiary/aromatic N) is 8. The van der Waals surface area contributed by atoms with Gasteiger partial charge in [-0.05, 0) is 113 Å². The maximum atomic E-state index is 10.7. The minimum atomic E-state index is 0.412. The largest absolute Gasteiger partial charge is 0.319 e. The molecule has 0 aliphatic carbocycles. The van der Waals surface area contributed by atoms with E-state index in [9.17, 15) is 15.8 Å². The first-order valence-electron chi connectivity index (χ1n) is 17.4. The highest BCUT2D eigenvalue weighted by atomic mass is 15.0. The molecule has 6 aromatic carbocycles. The van der Waals surface area contributed by atoms with Gasteiger partial charge in [0.05, 0.1) is 76.7 Å². The minimum Gasteiger partial charge on any atom is -0.319 e. The number of hydrogen-bond acceptors (Lipinski definition) is 3. The highest BCUT2D eigenvalue weighted by molar-refractivity contribution is 6.09. The summed E-state index contributed by atoms with van der Waals surface area (Å²) in [5.74, 6) is 0. The fourth-order valence-electron chi connectivity index (χ4n) is 7.51. The van der Waals surface area contributed by atoms with Crippen LogP contribution in [-0.2, 0) is 0 Å². The lowest BCUT2D eigenvalue weighted by atomic mass is 10.00. The highest BCUT2D eigenvalue weighted by Crippen LogP contribution is 2.39.